The fourth-order valence-corrected chi connectivity index (χ4v) is 16.0. The second-order valence-electron chi connectivity index (χ2n) is 36.3. The van der Waals surface area contributed by atoms with Gasteiger partial charge >= 0.3 is 29.8 Å². The summed E-state index contributed by atoms with van der Waals surface area (Å²) in [5.41, 5.74) is 0. The zero-order valence-electron chi connectivity index (χ0n) is 78.7. The van der Waals surface area contributed by atoms with Crippen molar-refractivity contribution in [3.05, 3.63) is 0 Å². The van der Waals surface area contributed by atoms with Crippen molar-refractivity contribution in [3.63, 3.8) is 0 Å². The molecule has 5 unspecified atom stereocenters. The molecule has 20 heteroatoms. The van der Waals surface area contributed by atoms with Gasteiger partial charge in [0, 0.05) is 97.6 Å². The van der Waals surface area contributed by atoms with Crippen LogP contribution in [0.1, 0.15) is 444 Å². The molecule has 0 radical (unpaired) electrons. The predicted molar refractivity (Wildman–Crippen MR) is 480 cm³/mol. The minimum Gasteiger partial charge on any atom is -0.463 e. The van der Waals surface area contributed by atoms with Crippen molar-refractivity contribution in [2.75, 3.05) is 65.4 Å². The van der Waals surface area contributed by atoms with Crippen molar-refractivity contribution < 1.29 is 71.6 Å². The molecule has 0 aromatic carbocycles. The quantitative estimate of drug-likeness (QED) is 0.0313. The van der Waals surface area contributed by atoms with Crippen LogP contribution in [0, 0.1) is 29.6 Å². The zero-order chi connectivity index (χ0) is 87.5. The maximum atomic E-state index is 12.1. The van der Waals surface area contributed by atoms with Crippen LogP contribution in [-0.4, -0.2) is 180 Å². The molecular formula is C98H181N5O15. The van der Waals surface area contributed by atoms with Gasteiger partial charge in [-0.25, -0.2) is 0 Å². The minimum absolute atomic E-state index is 0.103. The number of carbonyl (C=O) groups excluding carboxylic acids is 10. The van der Waals surface area contributed by atoms with Gasteiger partial charge in [0.25, 0.3) is 0 Å². The van der Waals surface area contributed by atoms with Crippen LogP contribution in [0.3, 0.4) is 0 Å². The normalized spacial score (nSPS) is 17.8. The molecule has 5 amide bonds. The smallest absolute Gasteiger partial charge is 0.311 e. The topological polar surface area (TPSA) is 233 Å². The Labute approximate surface area is 721 Å². The van der Waals surface area contributed by atoms with E-state index in [0.29, 0.717) is 64.8 Å². The Morgan fingerprint density at radius 2 is 0.322 bits per heavy atom. The van der Waals surface area contributed by atoms with E-state index in [9.17, 15) is 47.9 Å². The molecule has 5 fully saturated rings. The lowest BCUT2D eigenvalue weighted by Crippen LogP contribution is -2.28. The van der Waals surface area contributed by atoms with E-state index in [1.54, 1.807) is 0 Å². The Kier molecular flexibility index (Phi) is 67.7. The highest BCUT2D eigenvalue weighted by Crippen LogP contribution is 2.27. The molecule has 20 nitrogen and oxygen atoms in total. The van der Waals surface area contributed by atoms with Gasteiger partial charge in [-0.2, -0.15) is 0 Å². The van der Waals surface area contributed by atoms with Gasteiger partial charge in [-0.15, -0.1) is 0 Å². The van der Waals surface area contributed by atoms with E-state index in [1.807, 2.05) is 93.7 Å². The molecule has 0 spiro atoms. The second kappa shape index (κ2) is 72.2. The number of likely N-dealkylation sites (tertiary alicyclic amines) is 5. The fourth-order valence-electron chi connectivity index (χ4n) is 16.0. The van der Waals surface area contributed by atoms with Crippen LogP contribution in [0.15, 0.2) is 0 Å². The van der Waals surface area contributed by atoms with E-state index in [0.717, 1.165) is 64.8 Å². The van der Waals surface area contributed by atoms with Crippen molar-refractivity contribution in [2.24, 2.45) is 29.6 Å². The summed E-state index contributed by atoms with van der Waals surface area (Å²) in [6.07, 6.45) is 63.1. The van der Waals surface area contributed by atoms with Gasteiger partial charge in [-0.05, 0) is 101 Å². The highest BCUT2D eigenvalue weighted by molar-refractivity contribution is 5.89. The molecule has 0 bridgehead atoms. The van der Waals surface area contributed by atoms with Gasteiger partial charge in [0.15, 0.2) is 0 Å². The average molecular weight is 1670 g/mol. The van der Waals surface area contributed by atoms with Crippen LogP contribution in [0.2, 0.25) is 0 Å². The molecule has 0 aliphatic carbocycles. The minimum atomic E-state index is -0.262. The lowest BCUT2D eigenvalue weighted by molar-refractivity contribution is -0.153. The SMILES string of the molecule is CCCCCCCCCCCCCCCCN1CC(C(=O)OC(C)C)CC1=O.CCCCCCCCCCCCN1CC(C(=O)OC(C)C)CC1=O.CCCCCCCCCCCN1CC(C(=O)OC(C)C)CC1=O.CCCCCCCCCCN1CC(C(=O)OC(C)C)CC1=O.CCCCCCCCCN1CC(C(=O)OC(C)C)CC1=O. The Hall–Kier alpha value is -5.30. The standard InChI is InChI=1S/C24H45NO3.C20H37NO3.C19H35NO3.C18H33NO3.C17H31NO3/c1-4-5-6-7-8-9-10-11-12-13-14-15-16-17-18-25-20-22(19-23(25)26)24(27)28-21(2)3;1-4-5-6-7-8-9-10-11-12-13-14-21-16-18(15-19(21)22)20(23)24-17(2)3;1-4-5-6-7-8-9-10-11-12-13-20-15-17(14-18(20)21)19(22)23-16(2)3;1-4-5-6-7-8-9-10-11-12-19-14-16(13-17(19)20)18(21)22-15(2)3;1-4-5-6-7-8-9-10-11-18-13-15(12-16(18)19)17(20)21-14(2)3/h21-22H,4-20H2,1-3H3;17-18H,4-16H2,1-3H3;16-17H,4-15H2,1-3H3;15-16H,4-14H2,1-3H3;14-15H,4-13H2,1-3H3. The number of nitrogens with zero attached hydrogens (tertiary/aromatic N) is 5. The summed E-state index contributed by atoms with van der Waals surface area (Å²) in [5.74, 6) is -1.87. The van der Waals surface area contributed by atoms with Crippen LogP contribution in [0.25, 0.3) is 0 Å². The van der Waals surface area contributed by atoms with Crippen molar-refractivity contribution in [3.8, 4) is 0 Å². The Morgan fingerprint density at radius 1 is 0.212 bits per heavy atom. The van der Waals surface area contributed by atoms with E-state index in [2.05, 4.69) is 34.6 Å². The van der Waals surface area contributed by atoms with E-state index in [-0.39, 0.29) is 119 Å². The monoisotopic (exact) mass is 1670 g/mol. The molecule has 688 valence electrons. The van der Waals surface area contributed by atoms with E-state index in [4.69, 9.17) is 23.7 Å². The van der Waals surface area contributed by atoms with Gasteiger partial charge in [-0.3, -0.25) is 47.9 Å². The number of ether oxygens (including phenoxy) is 5. The first-order valence-corrected chi connectivity index (χ1v) is 49.1. The van der Waals surface area contributed by atoms with Crippen LogP contribution in [0.4, 0.5) is 0 Å². The Balaban J connectivity index is 0.000000740. The Bertz CT molecular complexity index is 2620. The van der Waals surface area contributed by atoms with Crippen LogP contribution >= 0.6 is 0 Å². The first-order valence-electron chi connectivity index (χ1n) is 49.1. The molecule has 0 saturated carbocycles. The van der Waals surface area contributed by atoms with Crippen molar-refractivity contribution >= 4 is 59.4 Å². The molecule has 0 N–H and O–H groups in total. The summed E-state index contributed by atoms with van der Waals surface area (Å²) in [5, 5.41) is 0. The number of hydrogen-bond donors (Lipinski definition) is 0. The van der Waals surface area contributed by atoms with Crippen molar-refractivity contribution in [2.45, 2.75) is 475 Å². The molecule has 5 saturated heterocycles. The molecule has 118 heavy (non-hydrogen) atoms. The van der Waals surface area contributed by atoms with E-state index in [1.165, 1.54) is 276 Å². The summed E-state index contributed by atoms with van der Waals surface area (Å²) >= 11 is 0. The first kappa shape index (κ1) is 111. The third-order valence-corrected chi connectivity index (χ3v) is 22.9. The van der Waals surface area contributed by atoms with E-state index >= 15 is 0 Å². The molecule has 5 aliphatic rings. The van der Waals surface area contributed by atoms with Gasteiger partial charge < -0.3 is 48.2 Å². The molecule has 5 rings (SSSR count). The predicted octanol–water partition coefficient (Wildman–Crippen LogP) is 22.8. The van der Waals surface area contributed by atoms with Crippen molar-refractivity contribution in [1.29, 1.82) is 0 Å². The molecule has 0 aromatic heterocycles. The van der Waals surface area contributed by atoms with Crippen LogP contribution in [0.5, 0.6) is 0 Å². The summed E-state index contributed by atoms with van der Waals surface area (Å²) in [7, 11) is 0. The summed E-state index contributed by atoms with van der Waals surface area (Å²) in [4.78, 5) is 128. The summed E-state index contributed by atoms with van der Waals surface area (Å²) < 4.78 is 26.1. The lowest BCUT2D eigenvalue weighted by Gasteiger charge is -2.16. The number of amides is 5. The zero-order valence-corrected chi connectivity index (χ0v) is 78.7. The Morgan fingerprint density at radius 3 is 0.432 bits per heavy atom. The number of carbonyl (C=O) groups is 10. The van der Waals surface area contributed by atoms with Crippen LogP contribution < -0.4 is 0 Å². The lowest BCUT2D eigenvalue weighted by atomic mass is 10.0. The second-order valence-corrected chi connectivity index (χ2v) is 36.3. The number of rotatable bonds is 63. The third kappa shape index (κ3) is 57.1. The maximum absolute atomic E-state index is 12.1. The molecular weight excluding hydrogens is 1490 g/mol. The van der Waals surface area contributed by atoms with Gasteiger partial charge in [0.05, 0.1) is 60.1 Å². The molecule has 0 aromatic rings. The van der Waals surface area contributed by atoms with Gasteiger partial charge in [-0.1, -0.05) is 311 Å². The highest BCUT2D eigenvalue weighted by Gasteiger charge is 2.40. The van der Waals surface area contributed by atoms with Gasteiger partial charge in [0.2, 0.25) is 29.5 Å². The van der Waals surface area contributed by atoms with Crippen molar-refractivity contribution in [1.82, 2.24) is 24.5 Å². The summed E-state index contributed by atoms with van der Waals surface area (Å²) in [6, 6.07) is 0. The molecule has 5 aliphatic heterocycles. The molecule has 5 atom stereocenters. The van der Waals surface area contributed by atoms with E-state index < -0.39 is 0 Å². The van der Waals surface area contributed by atoms with Crippen LogP contribution in [-0.2, 0) is 71.6 Å². The largest absolute Gasteiger partial charge is 0.463 e. The maximum Gasteiger partial charge on any atom is 0.311 e. The molecule has 5 heterocycles. The average Bonchev–Trinajstić information content (AvgIpc) is 1.75. The number of hydrogen-bond acceptors (Lipinski definition) is 15. The van der Waals surface area contributed by atoms with Gasteiger partial charge in [0.1, 0.15) is 0 Å². The highest BCUT2D eigenvalue weighted by atomic mass is 16.6. The number of esters is 5. The number of unbranched alkanes of at least 4 members (excludes halogenated alkanes) is 43. The summed E-state index contributed by atoms with van der Waals surface area (Å²) in [6.45, 7) is 36.3. The fraction of sp³-hybridized carbons (Fsp3) is 0.898. The third-order valence-electron chi connectivity index (χ3n) is 22.9. The first-order chi connectivity index (χ1) is 56.7.